The molecule has 0 radical (unpaired) electrons. The van der Waals surface area contributed by atoms with Crippen molar-refractivity contribution in [3.63, 3.8) is 0 Å². The first kappa shape index (κ1) is 15.7. The first-order chi connectivity index (χ1) is 10.5. The van der Waals surface area contributed by atoms with Crippen molar-refractivity contribution in [2.45, 2.75) is 13.0 Å². The molecule has 0 fully saturated rings. The number of nitrogens with zero attached hydrogens (tertiary/aromatic N) is 2. The number of benzene rings is 1. The lowest BCUT2D eigenvalue weighted by atomic mass is 10.1. The van der Waals surface area contributed by atoms with E-state index in [0.29, 0.717) is 17.9 Å². The highest BCUT2D eigenvalue weighted by atomic mass is 16.5. The average molecular weight is 301 g/mol. The number of nitrogen functional groups attached to an aromatic ring is 2. The first-order valence-corrected chi connectivity index (χ1v) is 6.80. The number of carbonyl (C=O) groups is 1. The Hall–Kier alpha value is -2.67. The van der Waals surface area contributed by atoms with Gasteiger partial charge in [0, 0.05) is 30.3 Å². The lowest BCUT2D eigenvalue weighted by molar-refractivity contribution is 0.0905. The van der Waals surface area contributed by atoms with Gasteiger partial charge in [0.1, 0.15) is 5.82 Å². The summed E-state index contributed by atoms with van der Waals surface area (Å²) in [6, 6.07) is 8.60. The summed E-state index contributed by atoms with van der Waals surface area (Å²) in [6.45, 7) is 2.32. The molecule has 1 aromatic carbocycles. The zero-order chi connectivity index (χ0) is 16.1. The maximum absolute atomic E-state index is 12.2. The molecule has 0 unspecified atom stereocenters. The van der Waals surface area contributed by atoms with Gasteiger partial charge in [-0.2, -0.15) is 4.98 Å². The zero-order valence-electron chi connectivity index (χ0n) is 12.5. The van der Waals surface area contributed by atoms with Crippen molar-refractivity contribution in [3.8, 4) is 11.3 Å². The van der Waals surface area contributed by atoms with Gasteiger partial charge in [-0.15, -0.1) is 0 Å². The summed E-state index contributed by atoms with van der Waals surface area (Å²) in [4.78, 5) is 20.2. The van der Waals surface area contributed by atoms with Crippen LogP contribution in [0.25, 0.3) is 11.3 Å². The summed E-state index contributed by atoms with van der Waals surface area (Å²) < 4.78 is 5.00. The Morgan fingerprint density at radius 3 is 2.77 bits per heavy atom. The topological polar surface area (TPSA) is 116 Å². The SMILES string of the molecule is COC[C@@H](C)NC(=O)c1cccc(-c2cc(N)nc(N)n2)c1. The molecule has 1 amide bonds. The molecule has 0 bridgehead atoms. The number of aromatic nitrogens is 2. The third kappa shape index (κ3) is 3.92. The van der Waals surface area contributed by atoms with Crippen LogP contribution in [0.3, 0.4) is 0 Å². The quantitative estimate of drug-likeness (QED) is 0.760. The van der Waals surface area contributed by atoms with E-state index in [1.807, 2.05) is 13.0 Å². The second kappa shape index (κ2) is 6.86. The summed E-state index contributed by atoms with van der Waals surface area (Å²) in [5, 5.41) is 2.85. The van der Waals surface area contributed by atoms with E-state index in [1.54, 1.807) is 31.4 Å². The minimum atomic E-state index is -0.179. The number of nitrogens with one attached hydrogen (secondary N) is 1. The van der Waals surface area contributed by atoms with Crippen molar-refractivity contribution in [2.24, 2.45) is 0 Å². The molecule has 1 heterocycles. The second-order valence-electron chi connectivity index (χ2n) is 4.95. The highest BCUT2D eigenvalue weighted by Crippen LogP contribution is 2.20. The molecule has 7 nitrogen and oxygen atoms in total. The van der Waals surface area contributed by atoms with Crippen molar-refractivity contribution in [2.75, 3.05) is 25.2 Å². The van der Waals surface area contributed by atoms with Gasteiger partial charge in [0.15, 0.2) is 0 Å². The van der Waals surface area contributed by atoms with Gasteiger partial charge < -0.3 is 21.5 Å². The van der Waals surface area contributed by atoms with Gasteiger partial charge in [-0.25, -0.2) is 4.98 Å². The molecule has 1 atom stereocenters. The molecule has 116 valence electrons. The molecule has 0 aliphatic heterocycles. The molecular formula is C15H19N5O2. The van der Waals surface area contributed by atoms with E-state index in [0.717, 1.165) is 5.56 Å². The van der Waals surface area contributed by atoms with Gasteiger partial charge in [0.2, 0.25) is 5.95 Å². The second-order valence-corrected chi connectivity index (χ2v) is 4.95. The molecule has 5 N–H and O–H groups in total. The number of ether oxygens (including phenoxy) is 1. The fourth-order valence-electron chi connectivity index (χ4n) is 2.05. The van der Waals surface area contributed by atoms with Gasteiger partial charge in [0.25, 0.3) is 5.91 Å². The van der Waals surface area contributed by atoms with Gasteiger partial charge in [0.05, 0.1) is 12.3 Å². The Bertz CT molecular complexity index is 654. The summed E-state index contributed by atoms with van der Waals surface area (Å²) >= 11 is 0. The van der Waals surface area contributed by atoms with Gasteiger partial charge in [-0.3, -0.25) is 4.79 Å². The molecule has 1 aromatic heterocycles. The summed E-state index contributed by atoms with van der Waals surface area (Å²) in [5.74, 6) is 0.200. The number of methoxy groups -OCH3 is 1. The number of rotatable bonds is 5. The van der Waals surface area contributed by atoms with Crippen LogP contribution in [0.4, 0.5) is 11.8 Å². The first-order valence-electron chi connectivity index (χ1n) is 6.80. The Labute approximate surface area is 128 Å². The maximum Gasteiger partial charge on any atom is 0.251 e. The Morgan fingerprint density at radius 1 is 1.32 bits per heavy atom. The predicted molar refractivity (Wildman–Crippen MR) is 85.1 cm³/mol. The molecule has 0 aliphatic carbocycles. The molecule has 0 aliphatic rings. The van der Waals surface area contributed by atoms with Crippen LogP contribution in [0.2, 0.25) is 0 Å². The molecule has 0 saturated carbocycles. The standard InChI is InChI=1S/C15H19N5O2/c1-9(8-22-2)18-14(21)11-5-3-4-10(6-11)12-7-13(16)20-15(17)19-12/h3-7,9H,8H2,1-2H3,(H,18,21)(H4,16,17,19,20)/t9-/m1/s1. The molecule has 7 heteroatoms. The number of carbonyl (C=O) groups excluding carboxylic acids is 1. The summed E-state index contributed by atoms with van der Waals surface area (Å²) in [6.07, 6.45) is 0. The molecule has 2 aromatic rings. The van der Waals surface area contributed by atoms with Crippen LogP contribution >= 0.6 is 0 Å². The van der Waals surface area contributed by atoms with Gasteiger partial charge >= 0.3 is 0 Å². The van der Waals surface area contributed by atoms with Crippen molar-refractivity contribution >= 4 is 17.7 Å². The average Bonchev–Trinajstić information content (AvgIpc) is 2.46. The van der Waals surface area contributed by atoms with Crippen molar-refractivity contribution in [3.05, 3.63) is 35.9 Å². The van der Waals surface area contributed by atoms with Crippen molar-refractivity contribution in [1.82, 2.24) is 15.3 Å². The summed E-state index contributed by atoms with van der Waals surface area (Å²) in [5.41, 5.74) is 13.1. The highest BCUT2D eigenvalue weighted by Gasteiger charge is 2.11. The van der Waals surface area contributed by atoms with E-state index in [-0.39, 0.29) is 23.7 Å². The third-order valence-corrected chi connectivity index (χ3v) is 2.98. The van der Waals surface area contributed by atoms with Gasteiger partial charge in [-0.05, 0) is 19.1 Å². The van der Waals surface area contributed by atoms with E-state index in [2.05, 4.69) is 15.3 Å². The molecule has 0 spiro atoms. The van der Waals surface area contributed by atoms with E-state index < -0.39 is 0 Å². The molecule has 22 heavy (non-hydrogen) atoms. The van der Waals surface area contributed by atoms with Crippen LogP contribution in [-0.4, -0.2) is 35.6 Å². The molecule has 0 saturated heterocycles. The monoisotopic (exact) mass is 301 g/mol. The minimum Gasteiger partial charge on any atom is -0.384 e. The lowest BCUT2D eigenvalue weighted by Gasteiger charge is -2.13. The number of amides is 1. The van der Waals surface area contributed by atoms with Crippen LogP contribution in [0.5, 0.6) is 0 Å². The van der Waals surface area contributed by atoms with Crippen LogP contribution < -0.4 is 16.8 Å². The zero-order valence-corrected chi connectivity index (χ0v) is 12.5. The number of hydrogen-bond acceptors (Lipinski definition) is 6. The normalized spacial score (nSPS) is 11.9. The van der Waals surface area contributed by atoms with E-state index in [1.165, 1.54) is 0 Å². The third-order valence-electron chi connectivity index (χ3n) is 2.98. The number of anilines is 2. The molecule has 2 rings (SSSR count). The van der Waals surface area contributed by atoms with Crippen molar-refractivity contribution < 1.29 is 9.53 Å². The number of nitrogens with two attached hydrogens (primary N) is 2. The van der Waals surface area contributed by atoms with Gasteiger partial charge in [-0.1, -0.05) is 12.1 Å². The van der Waals surface area contributed by atoms with Crippen LogP contribution in [0.1, 0.15) is 17.3 Å². The Morgan fingerprint density at radius 2 is 2.09 bits per heavy atom. The fraction of sp³-hybridized carbons (Fsp3) is 0.267. The predicted octanol–water partition coefficient (Wildman–Crippen LogP) is 1.07. The maximum atomic E-state index is 12.2. The highest BCUT2D eigenvalue weighted by molar-refractivity contribution is 5.95. The van der Waals surface area contributed by atoms with Crippen LogP contribution in [0, 0.1) is 0 Å². The van der Waals surface area contributed by atoms with Crippen molar-refractivity contribution in [1.29, 1.82) is 0 Å². The lowest BCUT2D eigenvalue weighted by Crippen LogP contribution is -2.35. The Kier molecular flexibility index (Phi) is 4.90. The molecular weight excluding hydrogens is 282 g/mol. The van der Waals surface area contributed by atoms with E-state index in [9.17, 15) is 4.79 Å². The smallest absolute Gasteiger partial charge is 0.251 e. The minimum absolute atomic E-state index is 0.0773. The van der Waals surface area contributed by atoms with Crippen LogP contribution in [-0.2, 0) is 4.74 Å². The number of hydrogen-bond donors (Lipinski definition) is 3. The van der Waals surface area contributed by atoms with Crippen LogP contribution in [0.15, 0.2) is 30.3 Å². The fourth-order valence-corrected chi connectivity index (χ4v) is 2.05. The van der Waals surface area contributed by atoms with E-state index >= 15 is 0 Å². The Balaban J connectivity index is 2.24. The summed E-state index contributed by atoms with van der Waals surface area (Å²) in [7, 11) is 1.59. The largest absolute Gasteiger partial charge is 0.384 e. The van der Waals surface area contributed by atoms with E-state index in [4.69, 9.17) is 16.2 Å².